The molecule has 2 heterocycles. The summed E-state index contributed by atoms with van der Waals surface area (Å²) < 4.78 is 18.9. The van der Waals surface area contributed by atoms with E-state index in [0.29, 0.717) is 24.4 Å². The SMILES string of the molecule is CC1CN(C(=O)C2CC(=O)Nc3cc(F)ccc32)C(C)CO1. The van der Waals surface area contributed by atoms with Gasteiger partial charge in [0, 0.05) is 18.7 Å². The fourth-order valence-electron chi connectivity index (χ4n) is 3.07. The summed E-state index contributed by atoms with van der Waals surface area (Å²) in [5, 5.41) is 2.63. The number of carbonyl (C=O) groups excluding carboxylic acids is 2. The molecule has 1 N–H and O–H groups in total. The smallest absolute Gasteiger partial charge is 0.231 e. The molecule has 2 amide bonds. The second kappa shape index (κ2) is 5.68. The Kier molecular flexibility index (Phi) is 3.87. The van der Waals surface area contributed by atoms with Crippen molar-refractivity contribution < 1.29 is 18.7 Å². The summed E-state index contributed by atoms with van der Waals surface area (Å²) in [7, 11) is 0. The number of nitrogens with one attached hydrogen (secondary N) is 1. The number of morpholine rings is 1. The maximum absolute atomic E-state index is 13.4. The molecular formula is C16H19FN2O3. The predicted octanol–water partition coefficient (Wildman–Crippen LogP) is 1.89. The molecule has 6 heteroatoms. The molecular weight excluding hydrogens is 287 g/mol. The number of halogens is 1. The van der Waals surface area contributed by atoms with Gasteiger partial charge in [-0.3, -0.25) is 9.59 Å². The topological polar surface area (TPSA) is 58.6 Å². The van der Waals surface area contributed by atoms with Crippen molar-refractivity contribution in [3.8, 4) is 0 Å². The second-order valence-corrected chi connectivity index (χ2v) is 6.02. The Morgan fingerprint density at radius 3 is 2.95 bits per heavy atom. The average Bonchev–Trinajstić information content (AvgIpc) is 2.47. The van der Waals surface area contributed by atoms with Gasteiger partial charge < -0.3 is 15.0 Å². The lowest BCUT2D eigenvalue weighted by molar-refractivity contribution is -0.146. The zero-order valence-corrected chi connectivity index (χ0v) is 12.6. The Balaban J connectivity index is 1.91. The van der Waals surface area contributed by atoms with Crippen LogP contribution in [0.15, 0.2) is 18.2 Å². The largest absolute Gasteiger partial charge is 0.375 e. The number of fused-ring (bicyclic) bond motifs is 1. The Labute approximate surface area is 128 Å². The first kappa shape index (κ1) is 15.0. The normalized spacial score (nSPS) is 28.0. The van der Waals surface area contributed by atoms with Gasteiger partial charge in [-0.2, -0.15) is 0 Å². The molecule has 0 radical (unpaired) electrons. The molecule has 1 aromatic rings. The van der Waals surface area contributed by atoms with Gasteiger partial charge in [0.05, 0.1) is 24.7 Å². The number of nitrogens with zero attached hydrogens (tertiary/aromatic N) is 1. The minimum atomic E-state index is -0.558. The Morgan fingerprint density at radius 1 is 1.41 bits per heavy atom. The van der Waals surface area contributed by atoms with Gasteiger partial charge in [0.2, 0.25) is 11.8 Å². The van der Waals surface area contributed by atoms with Crippen LogP contribution in [0.5, 0.6) is 0 Å². The molecule has 1 aromatic carbocycles. The van der Waals surface area contributed by atoms with E-state index in [4.69, 9.17) is 4.74 Å². The monoisotopic (exact) mass is 306 g/mol. The van der Waals surface area contributed by atoms with E-state index < -0.39 is 11.7 Å². The van der Waals surface area contributed by atoms with Gasteiger partial charge in [-0.1, -0.05) is 6.07 Å². The first-order valence-electron chi connectivity index (χ1n) is 7.47. The van der Waals surface area contributed by atoms with E-state index in [2.05, 4.69) is 5.32 Å². The third-order valence-corrected chi connectivity index (χ3v) is 4.24. The molecule has 0 bridgehead atoms. The standard InChI is InChI=1S/C16H19FN2O3/c1-9-8-22-10(2)7-19(9)16(21)13-6-15(20)18-14-5-11(17)3-4-12(13)14/h3-5,9-10,13H,6-8H2,1-2H3,(H,18,20). The van der Waals surface area contributed by atoms with Crippen LogP contribution in [0, 0.1) is 5.82 Å². The van der Waals surface area contributed by atoms with Gasteiger partial charge in [0.25, 0.3) is 0 Å². The fraction of sp³-hybridized carbons (Fsp3) is 0.500. The highest BCUT2D eigenvalue weighted by atomic mass is 19.1. The number of ether oxygens (including phenoxy) is 1. The lowest BCUT2D eigenvalue weighted by atomic mass is 9.88. The first-order chi connectivity index (χ1) is 10.5. The molecule has 3 rings (SSSR count). The van der Waals surface area contributed by atoms with Crippen LogP contribution >= 0.6 is 0 Å². The van der Waals surface area contributed by atoms with E-state index in [-0.39, 0.29) is 30.4 Å². The Bertz CT molecular complexity index is 619. The highest BCUT2D eigenvalue weighted by Gasteiger charge is 2.37. The second-order valence-electron chi connectivity index (χ2n) is 6.02. The van der Waals surface area contributed by atoms with Crippen molar-refractivity contribution in [2.24, 2.45) is 0 Å². The summed E-state index contributed by atoms with van der Waals surface area (Å²) >= 11 is 0. The van der Waals surface area contributed by atoms with Crippen molar-refractivity contribution in [2.75, 3.05) is 18.5 Å². The minimum Gasteiger partial charge on any atom is -0.375 e. The molecule has 0 spiro atoms. The van der Waals surface area contributed by atoms with Crippen molar-refractivity contribution in [3.05, 3.63) is 29.6 Å². The molecule has 5 nitrogen and oxygen atoms in total. The number of rotatable bonds is 1. The molecule has 0 aromatic heterocycles. The van der Waals surface area contributed by atoms with E-state index in [0.717, 1.165) is 0 Å². The zero-order valence-electron chi connectivity index (χ0n) is 12.6. The highest BCUT2D eigenvalue weighted by molar-refractivity contribution is 6.01. The molecule has 0 aliphatic carbocycles. The minimum absolute atomic E-state index is 0.0229. The summed E-state index contributed by atoms with van der Waals surface area (Å²) in [6, 6.07) is 4.14. The molecule has 2 aliphatic heterocycles. The summed E-state index contributed by atoms with van der Waals surface area (Å²) in [5.74, 6) is -1.34. The molecule has 1 fully saturated rings. The molecule has 0 saturated carbocycles. The van der Waals surface area contributed by atoms with Crippen molar-refractivity contribution in [2.45, 2.75) is 38.3 Å². The van der Waals surface area contributed by atoms with Crippen LogP contribution in [0.4, 0.5) is 10.1 Å². The van der Waals surface area contributed by atoms with Gasteiger partial charge in [-0.25, -0.2) is 4.39 Å². The highest BCUT2D eigenvalue weighted by Crippen LogP contribution is 2.34. The van der Waals surface area contributed by atoms with E-state index in [1.54, 1.807) is 11.0 Å². The molecule has 2 aliphatic rings. The quantitative estimate of drug-likeness (QED) is 0.862. The van der Waals surface area contributed by atoms with Crippen LogP contribution in [0.25, 0.3) is 0 Å². The van der Waals surface area contributed by atoms with Crippen molar-refractivity contribution in [1.29, 1.82) is 0 Å². The number of benzene rings is 1. The number of hydrogen-bond donors (Lipinski definition) is 1. The van der Waals surface area contributed by atoms with Crippen LogP contribution < -0.4 is 5.32 Å². The van der Waals surface area contributed by atoms with E-state index >= 15 is 0 Å². The number of amides is 2. The number of hydrogen-bond acceptors (Lipinski definition) is 3. The van der Waals surface area contributed by atoms with Crippen LogP contribution in [0.3, 0.4) is 0 Å². The van der Waals surface area contributed by atoms with Gasteiger partial charge in [0.1, 0.15) is 5.82 Å². The number of carbonyl (C=O) groups is 2. The van der Waals surface area contributed by atoms with Crippen molar-refractivity contribution in [1.82, 2.24) is 4.90 Å². The lowest BCUT2D eigenvalue weighted by Gasteiger charge is -2.39. The third-order valence-electron chi connectivity index (χ3n) is 4.24. The van der Waals surface area contributed by atoms with Crippen LogP contribution in [0.1, 0.15) is 31.7 Å². The maximum atomic E-state index is 13.4. The third kappa shape index (κ3) is 2.70. The summed E-state index contributed by atoms with van der Waals surface area (Å²) in [4.78, 5) is 26.5. The summed E-state index contributed by atoms with van der Waals surface area (Å²) in [6.45, 7) is 4.85. The molecule has 22 heavy (non-hydrogen) atoms. The first-order valence-corrected chi connectivity index (χ1v) is 7.47. The maximum Gasteiger partial charge on any atom is 0.231 e. The van der Waals surface area contributed by atoms with Crippen molar-refractivity contribution >= 4 is 17.5 Å². The fourth-order valence-corrected chi connectivity index (χ4v) is 3.07. The van der Waals surface area contributed by atoms with Crippen molar-refractivity contribution in [3.63, 3.8) is 0 Å². The van der Waals surface area contributed by atoms with Gasteiger partial charge in [-0.05, 0) is 31.5 Å². The molecule has 3 atom stereocenters. The Hall–Kier alpha value is -1.95. The van der Waals surface area contributed by atoms with Crippen LogP contribution in [0.2, 0.25) is 0 Å². The average molecular weight is 306 g/mol. The van der Waals surface area contributed by atoms with E-state index in [9.17, 15) is 14.0 Å². The van der Waals surface area contributed by atoms with Gasteiger partial charge >= 0.3 is 0 Å². The van der Waals surface area contributed by atoms with Gasteiger partial charge in [-0.15, -0.1) is 0 Å². The lowest BCUT2D eigenvalue weighted by Crippen LogP contribution is -2.52. The summed E-state index contributed by atoms with van der Waals surface area (Å²) in [5.41, 5.74) is 1.07. The van der Waals surface area contributed by atoms with Gasteiger partial charge in [0.15, 0.2) is 0 Å². The predicted molar refractivity (Wildman–Crippen MR) is 79.0 cm³/mol. The Morgan fingerprint density at radius 2 is 2.18 bits per heavy atom. The summed E-state index contributed by atoms with van der Waals surface area (Å²) in [6.07, 6.45) is 0.0703. The van der Waals surface area contributed by atoms with E-state index in [1.165, 1.54) is 12.1 Å². The van der Waals surface area contributed by atoms with Crippen LogP contribution in [-0.4, -0.2) is 42.0 Å². The molecule has 3 unspecified atom stereocenters. The zero-order chi connectivity index (χ0) is 15.9. The molecule has 118 valence electrons. The number of anilines is 1. The molecule has 1 saturated heterocycles. The van der Waals surface area contributed by atoms with Crippen LogP contribution in [-0.2, 0) is 14.3 Å². The van der Waals surface area contributed by atoms with E-state index in [1.807, 2.05) is 13.8 Å².